The first-order chi connectivity index (χ1) is 20.3. The van der Waals surface area contributed by atoms with Crippen LogP contribution >= 0.6 is 0 Å². The van der Waals surface area contributed by atoms with Crippen LogP contribution in [0.25, 0.3) is 0 Å². The van der Waals surface area contributed by atoms with E-state index in [4.69, 9.17) is 14.2 Å². The number of carbonyl (C=O) groups is 3. The van der Waals surface area contributed by atoms with Gasteiger partial charge in [-0.25, -0.2) is 0 Å². The predicted molar refractivity (Wildman–Crippen MR) is 173 cm³/mol. The van der Waals surface area contributed by atoms with Crippen LogP contribution in [0.1, 0.15) is 182 Å². The number of rotatable bonds is 30. The lowest BCUT2D eigenvalue weighted by Crippen LogP contribution is -2.30. The maximum absolute atomic E-state index is 12.5. The lowest BCUT2D eigenvalue weighted by Gasteiger charge is -2.18. The number of carbonyl (C=O) groups excluding carboxylic acids is 3. The van der Waals surface area contributed by atoms with Crippen LogP contribution in [0.15, 0.2) is 0 Å². The maximum Gasteiger partial charge on any atom is 0.306 e. The van der Waals surface area contributed by atoms with Crippen LogP contribution in [0, 0.1) is 11.8 Å². The van der Waals surface area contributed by atoms with Gasteiger partial charge in [-0.3, -0.25) is 14.4 Å². The average Bonchev–Trinajstić information content (AvgIpc) is 2.96. The highest BCUT2D eigenvalue weighted by Crippen LogP contribution is 2.15. The molecule has 0 aliphatic carbocycles. The van der Waals surface area contributed by atoms with E-state index >= 15 is 0 Å². The fourth-order valence-corrected chi connectivity index (χ4v) is 4.95. The van der Waals surface area contributed by atoms with E-state index in [0.717, 1.165) is 76.0 Å². The van der Waals surface area contributed by atoms with E-state index in [1.165, 1.54) is 64.2 Å². The summed E-state index contributed by atoms with van der Waals surface area (Å²) in [6.45, 7) is 11.1. The van der Waals surface area contributed by atoms with Crippen molar-refractivity contribution in [3.05, 3.63) is 0 Å². The van der Waals surface area contributed by atoms with E-state index in [9.17, 15) is 14.4 Å². The van der Waals surface area contributed by atoms with Crippen LogP contribution in [0.4, 0.5) is 0 Å². The van der Waals surface area contributed by atoms with Gasteiger partial charge in [0.25, 0.3) is 0 Å². The van der Waals surface area contributed by atoms with E-state index in [1.54, 1.807) is 0 Å². The fourth-order valence-electron chi connectivity index (χ4n) is 4.95. The first kappa shape index (κ1) is 40.4. The van der Waals surface area contributed by atoms with E-state index in [1.807, 2.05) is 0 Å². The van der Waals surface area contributed by atoms with Crippen molar-refractivity contribution in [1.29, 1.82) is 0 Å². The Bertz CT molecular complexity index is 647. The van der Waals surface area contributed by atoms with Crippen molar-refractivity contribution in [3.63, 3.8) is 0 Å². The van der Waals surface area contributed by atoms with Crippen molar-refractivity contribution in [3.8, 4) is 0 Å². The molecular weight excluding hydrogens is 528 g/mol. The minimum atomic E-state index is -0.757. The topological polar surface area (TPSA) is 78.9 Å². The molecule has 248 valence electrons. The van der Waals surface area contributed by atoms with E-state index in [-0.39, 0.29) is 31.1 Å². The Morgan fingerprint density at radius 2 is 0.905 bits per heavy atom. The summed E-state index contributed by atoms with van der Waals surface area (Å²) in [4.78, 5) is 37.0. The van der Waals surface area contributed by atoms with Crippen molar-refractivity contribution in [2.75, 3.05) is 13.2 Å². The molecule has 0 amide bonds. The van der Waals surface area contributed by atoms with Gasteiger partial charge in [-0.05, 0) is 31.1 Å². The van der Waals surface area contributed by atoms with Crippen LogP contribution in [0.2, 0.25) is 0 Å². The lowest BCUT2D eigenvalue weighted by atomic mass is 10.00. The van der Waals surface area contributed by atoms with Crippen LogP contribution in [0.5, 0.6) is 0 Å². The quantitative estimate of drug-likeness (QED) is 0.0466. The summed E-state index contributed by atoms with van der Waals surface area (Å²) in [5, 5.41) is 0. The molecule has 0 N–H and O–H groups in total. The highest BCUT2D eigenvalue weighted by molar-refractivity contribution is 5.71. The molecule has 0 aromatic heterocycles. The Morgan fingerprint density at radius 1 is 0.500 bits per heavy atom. The van der Waals surface area contributed by atoms with Gasteiger partial charge in [-0.1, -0.05) is 144 Å². The smallest absolute Gasteiger partial charge is 0.306 e. The van der Waals surface area contributed by atoms with E-state index in [0.29, 0.717) is 19.3 Å². The minimum Gasteiger partial charge on any atom is -0.462 e. The molecule has 6 nitrogen and oxygen atoms in total. The minimum absolute atomic E-state index is 0.0696. The SMILES string of the molecule is CCCCCCCC(=O)OC[C@H](COC(=O)CCCCCCCCC(C)CC)OC(=O)CCCCCCCCC(C)C. The van der Waals surface area contributed by atoms with Crippen molar-refractivity contribution < 1.29 is 28.6 Å². The fraction of sp³-hybridized carbons (Fsp3) is 0.917. The Balaban J connectivity index is 4.34. The molecule has 1 unspecified atom stereocenters. The maximum atomic E-state index is 12.5. The van der Waals surface area contributed by atoms with E-state index < -0.39 is 6.10 Å². The normalized spacial score (nSPS) is 12.7. The largest absolute Gasteiger partial charge is 0.462 e. The molecule has 0 heterocycles. The number of esters is 3. The zero-order valence-corrected chi connectivity index (χ0v) is 28.4. The summed E-state index contributed by atoms with van der Waals surface area (Å²) in [5.74, 6) is 0.681. The van der Waals surface area contributed by atoms with Gasteiger partial charge in [0, 0.05) is 19.3 Å². The predicted octanol–water partition coefficient (Wildman–Crippen LogP) is 10.3. The Hall–Kier alpha value is -1.59. The van der Waals surface area contributed by atoms with Gasteiger partial charge in [0.05, 0.1) is 0 Å². The molecule has 0 aromatic carbocycles. The Kier molecular flexibility index (Phi) is 28.4. The first-order valence-electron chi connectivity index (χ1n) is 17.8. The highest BCUT2D eigenvalue weighted by atomic mass is 16.6. The second-order valence-corrected chi connectivity index (χ2v) is 12.9. The summed E-state index contributed by atoms with van der Waals surface area (Å²) >= 11 is 0. The van der Waals surface area contributed by atoms with Crippen molar-refractivity contribution >= 4 is 17.9 Å². The molecular formula is C36H68O6. The van der Waals surface area contributed by atoms with Gasteiger partial charge in [0.1, 0.15) is 13.2 Å². The third-order valence-corrected chi connectivity index (χ3v) is 8.08. The van der Waals surface area contributed by atoms with Gasteiger partial charge in [0.15, 0.2) is 6.10 Å². The average molecular weight is 597 g/mol. The van der Waals surface area contributed by atoms with Crippen LogP contribution in [-0.2, 0) is 28.6 Å². The molecule has 0 saturated heterocycles. The lowest BCUT2D eigenvalue weighted by molar-refractivity contribution is -0.167. The molecule has 0 fully saturated rings. The monoisotopic (exact) mass is 597 g/mol. The summed E-state index contributed by atoms with van der Waals surface area (Å²) in [6, 6.07) is 0. The Morgan fingerprint density at radius 3 is 1.36 bits per heavy atom. The number of unbranched alkanes of at least 4 members (excludes halogenated alkanes) is 14. The second-order valence-electron chi connectivity index (χ2n) is 12.9. The zero-order chi connectivity index (χ0) is 31.3. The number of hydrogen-bond acceptors (Lipinski definition) is 6. The summed E-state index contributed by atoms with van der Waals surface area (Å²) in [5.41, 5.74) is 0. The van der Waals surface area contributed by atoms with Crippen LogP contribution in [0.3, 0.4) is 0 Å². The summed E-state index contributed by atoms with van der Waals surface area (Å²) < 4.78 is 16.4. The van der Waals surface area contributed by atoms with E-state index in [2.05, 4.69) is 34.6 Å². The highest BCUT2D eigenvalue weighted by Gasteiger charge is 2.19. The molecule has 0 spiro atoms. The third-order valence-electron chi connectivity index (χ3n) is 8.08. The molecule has 0 saturated carbocycles. The summed E-state index contributed by atoms with van der Waals surface area (Å²) in [6.07, 6.45) is 22.8. The molecule has 2 atom stereocenters. The third kappa shape index (κ3) is 28.5. The molecule has 0 aliphatic heterocycles. The molecule has 42 heavy (non-hydrogen) atoms. The van der Waals surface area contributed by atoms with Crippen molar-refractivity contribution in [2.24, 2.45) is 11.8 Å². The standard InChI is InChI=1S/C36H68O6/c1-6-8-9-14-21-26-34(37)40-29-33(42-36(39)28-23-18-12-10-15-19-24-31(3)4)30-41-35(38)27-22-17-13-11-16-20-25-32(5)7-2/h31-33H,6-30H2,1-5H3/t32?,33-/m1/s1. The van der Waals surface area contributed by atoms with Gasteiger partial charge in [0.2, 0.25) is 0 Å². The van der Waals surface area contributed by atoms with Crippen molar-refractivity contribution in [1.82, 2.24) is 0 Å². The van der Waals surface area contributed by atoms with Crippen LogP contribution in [-0.4, -0.2) is 37.2 Å². The number of hydrogen-bond donors (Lipinski definition) is 0. The molecule has 0 aromatic rings. The van der Waals surface area contributed by atoms with Crippen LogP contribution < -0.4 is 0 Å². The van der Waals surface area contributed by atoms with Gasteiger partial charge >= 0.3 is 17.9 Å². The van der Waals surface area contributed by atoms with Gasteiger partial charge < -0.3 is 14.2 Å². The van der Waals surface area contributed by atoms with Gasteiger partial charge in [-0.2, -0.15) is 0 Å². The second kappa shape index (κ2) is 29.5. The molecule has 0 aliphatic rings. The van der Waals surface area contributed by atoms with Gasteiger partial charge in [-0.15, -0.1) is 0 Å². The molecule has 0 bridgehead atoms. The Labute approximate surface area is 259 Å². The summed E-state index contributed by atoms with van der Waals surface area (Å²) in [7, 11) is 0. The number of ether oxygens (including phenoxy) is 3. The zero-order valence-electron chi connectivity index (χ0n) is 28.4. The molecule has 6 heteroatoms. The first-order valence-corrected chi connectivity index (χ1v) is 17.8. The van der Waals surface area contributed by atoms with Crippen molar-refractivity contribution in [2.45, 2.75) is 188 Å². The molecule has 0 radical (unpaired) electrons. The molecule has 0 rings (SSSR count).